The van der Waals surface area contributed by atoms with Crippen LogP contribution in [0, 0.1) is 0 Å². The summed E-state index contributed by atoms with van der Waals surface area (Å²) >= 11 is 0. The van der Waals surface area contributed by atoms with Gasteiger partial charge in [0.25, 0.3) is 0 Å². The number of ether oxygens (including phenoxy) is 1. The molecule has 0 bridgehead atoms. The maximum Gasteiger partial charge on any atom is 0.338 e. The number of fused-ring (bicyclic) bond motifs is 2. The van der Waals surface area contributed by atoms with Crippen LogP contribution >= 0.6 is 0 Å². The molecule has 0 aliphatic heterocycles. The summed E-state index contributed by atoms with van der Waals surface area (Å²) in [4.78, 5) is 40.0. The van der Waals surface area contributed by atoms with E-state index in [1.165, 1.54) is 24.3 Å². The van der Waals surface area contributed by atoms with Gasteiger partial charge in [0.2, 0.25) is 5.78 Å². The number of ketones is 2. The molecule has 0 spiro atoms. The molecule has 0 unspecified atom stereocenters. The third-order valence-electron chi connectivity index (χ3n) is 5.07. The van der Waals surface area contributed by atoms with Gasteiger partial charge in [0.05, 0.1) is 23.3 Å². The molecule has 0 saturated heterocycles. The van der Waals surface area contributed by atoms with E-state index in [1.54, 1.807) is 0 Å². The third-order valence-corrected chi connectivity index (χ3v) is 5.07. The molecule has 0 aromatic heterocycles. The van der Waals surface area contributed by atoms with E-state index in [2.05, 4.69) is 4.90 Å². The van der Waals surface area contributed by atoms with Crippen molar-refractivity contribution in [3.63, 3.8) is 0 Å². The summed E-state index contributed by atoms with van der Waals surface area (Å²) in [5.74, 6) is -2.68. The first-order valence-electron chi connectivity index (χ1n) is 9.91. The fourth-order valence-electron chi connectivity index (χ4n) is 3.53. The summed E-state index contributed by atoms with van der Waals surface area (Å²) < 4.78 is 5.26. The van der Waals surface area contributed by atoms with Gasteiger partial charge in [0.1, 0.15) is 11.5 Å². The molecule has 30 heavy (non-hydrogen) atoms. The monoisotopic (exact) mass is 411 g/mol. The maximum absolute atomic E-state index is 12.8. The molecule has 0 amide bonds. The summed E-state index contributed by atoms with van der Waals surface area (Å²) in [5.41, 5.74) is -0.395. The van der Waals surface area contributed by atoms with Crippen molar-refractivity contribution in [3.05, 3.63) is 58.1 Å². The van der Waals surface area contributed by atoms with Crippen LogP contribution in [-0.4, -0.2) is 59.9 Å². The van der Waals surface area contributed by atoms with E-state index in [4.69, 9.17) is 4.74 Å². The molecule has 3 rings (SSSR count). The van der Waals surface area contributed by atoms with Gasteiger partial charge in [0, 0.05) is 11.1 Å². The highest BCUT2D eigenvalue weighted by Crippen LogP contribution is 2.37. The highest BCUT2D eigenvalue weighted by atomic mass is 16.5. The van der Waals surface area contributed by atoms with Crippen LogP contribution in [0.5, 0.6) is 11.5 Å². The molecular formula is C23H25NO6. The molecule has 0 fully saturated rings. The van der Waals surface area contributed by atoms with E-state index in [1.807, 2.05) is 14.1 Å². The number of aromatic hydroxyl groups is 2. The molecule has 0 radical (unpaired) electrons. The molecule has 0 saturated carbocycles. The molecule has 1 aliphatic rings. The van der Waals surface area contributed by atoms with Crippen LogP contribution in [0.2, 0.25) is 0 Å². The number of carbonyl (C=O) groups is 3. The number of unbranched alkanes of at least 4 members (excludes halogenated alkanes) is 3. The minimum absolute atomic E-state index is 0.00334. The first-order valence-corrected chi connectivity index (χ1v) is 9.91. The van der Waals surface area contributed by atoms with Gasteiger partial charge in [-0.3, -0.25) is 9.59 Å². The van der Waals surface area contributed by atoms with Crippen LogP contribution in [0.3, 0.4) is 0 Å². The van der Waals surface area contributed by atoms with Gasteiger partial charge in [-0.2, -0.15) is 0 Å². The molecule has 7 nitrogen and oxygen atoms in total. The number of phenolic OH excluding ortho intramolecular Hbond substituents is 2. The number of carbonyl (C=O) groups excluding carboxylic acids is 3. The van der Waals surface area contributed by atoms with Crippen molar-refractivity contribution < 1.29 is 29.3 Å². The Bertz CT molecular complexity index is 995. The van der Waals surface area contributed by atoms with Crippen LogP contribution in [0.1, 0.15) is 67.9 Å². The lowest BCUT2D eigenvalue weighted by atomic mass is 9.82. The van der Waals surface area contributed by atoms with Crippen LogP contribution < -0.4 is 0 Å². The standard InChI is InChI=1S/C23H25NO6/c1-24(2)10-5-3-4-6-11-30-23(29)14-12-16-20(18(26)13-14)22(28)19-15(21(16)27)8-7-9-17(19)25/h7-9,12-13,25-26H,3-6,10-11H2,1-2H3. The largest absolute Gasteiger partial charge is 0.507 e. The zero-order valence-electron chi connectivity index (χ0n) is 17.1. The Morgan fingerprint density at radius 1 is 0.900 bits per heavy atom. The van der Waals surface area contributed by atoms with Gasteiger partial charge in [-0.1, -0.05) is 25.0 Å². The van der Waals surface area contributed by atoms with Crippen molar-refractivity contribution in [3.8, 4) is 11.5 Å². The van der Waals surface area contributed by atoms with E-state index < -0.39 is 23.3 Å². The zero-order chi connectivity index (χ0) is 21.8. The SMILES string of the molecule is CN(C)CCCCCCOC(=O)c1cc(O)c2c(c1)C(=O)c1cccc(O)c1C2=O. The predicted molar refractivity (Wildman–Crippen MR) is 110 cm³/mol. The Morgan fingerprint density at radius 3 is 2.33 bits per heavy atom. The van der Waals surface area contributed by atoms with E-state index in [0.29, 0.717) is 0 Å². The number of esters is 1. The number of hydrogen-bond donors (Lipinski definition) is 2. The zero-order valence-corrected chi connectivity index (χ0v) is 17.1. The van der Waals surface area contributed by atoms with Gasteiger partial charge in [0.15, 0.2) is 5.78 Å². The van der Waals surface area contributed by atoms with Crippen molar-refractivity contribution in [1.82, 2.24) is 4.90 Å². The molecule has 158 valence electrons. The Balaban J connectivity index is 1.70. The van der Waals surface area contributed by atoms with E-state index >= 15 is 0 Å². The molecular weight excluding hydrogens is 386 g/mol. The number of hydrogen-bond acceptors (Lipinski definition) is 7. The predicted octanol–water partition coefficient (Wildman–Crippen LogP) is 3.15. The third kappa shape index (κ3) is 4.36. The molecule has 2 aromatic rings. The average Bonchev–Trinajstić information content (AvgIpc) is 2.70. The van der Waals surface area contributed by atoms with Gasteiger partial charge >= 0.3 is 5.97 Å². The number of rotatable bonds is 8. The van der Waals surface area contributed by atoms with Crippen molar-refractivity contribution >= 4 is 17.5 Å². The summed E-state index contributed by atoms with van der Waals surface area (Å²) in [6, 6.07) is 6.58. The van der Waals surface area contributed by atoms with Crippen molar-refractivity contribution in [2.75, 3.05) is 27.2 Å². The number of nitrogens with zero attached hydrogens (tertiary/aromatic N) is 1. The highest BCUT2D eigenvalue weighted by molar-refractivity contribution is 6.30. The van der Waals surface area contributed by atoms with Gasteiger partial charge in [-0.15, -0.1) is 0 Å². The molecule has 0 atom stereocenters. The summed E-state index contributed by atoms with van der Waals surface area (Å²) in [6.45, 7) is 1.25. The highest BCUT2D eigenvalue weighted by Gasteiger charge is 2.35. The van der Waals surface area contributed by atoms with Gasteiger partial charge in [-0.05, 0) is 51.7 Å². The van der Waals surface area contributed by atoms with Crippen LogP contribution in [0.4, 0.5) is 0 Å². The molecule has 0 heterocycles. The second-order valence-corrected chi connectivity index (χ2v) is 7.63. The first-order chi connectivity index (χ1) is 14.3. The second kappa shape index (κ2) is 9.09. The minimum Gasteiger partial charge on any atom is -0.507 e. The number of benzene rings is 2. The second-order valence-electron chi connectivity index (χ2n) is 7.63. The van der Waals surface area contributed by atoms with Crippen LogP contribution in [0.25, 0.3) is 0 Å². The first kappa shape index (κ1) is 21.5. The van der Waals surface area contributed by atoms with Gasteiger partial charge in [-0.25, -0.2) is 4.79 Å². The normalized spacial score (nSPS) is 12.6. The number of phenols is 2. The lowest BCUT2D eigenvalue weighted by molar-refractivity contribution is 0.0496. The van der Waals surface area contributed by atoms with Crippen molar-refractivity contribution in [2.45, 2.75) is 25.7 Å². The molecule has 1 aliphatic carbocycles. The van der Waals surface area contributed by atoms with Crippen molar-refractivity contribution in [2.24, 2.45) is 0 Å². The fraction of sp³-hybridized carbons (Fsp3) is 0.348. The topological polar surface area (TPSA) is 104 Å². The van der Waals surface area contributed by atoms with Gasteiger partial charge < -0.3 is 19.8 Å². The smallest absolute Gasteiger partial charge is 0.338 e. The van der Waals surface area contributed by atoms with E-state index in [0.717, 1.165) is 38.3 Å². The van der Waals surface area contributed by atoms with Crippen LogP contribution in [-0.2, 0) is 4.74 Å². The minimum atomic E-state index is -0.664. The average molecular weight is 411 g/mol. The summed E-state index contributed by atoms with van der Waals surface area (Å²) in [5, 5.41) is 20.3. The lowest BCUT2D eigenvalue weighted by Crippen LogP contribution is -2.22. The Labute approximate surface area is 174 Å². The Hall–Kier alpha value is -3.19. The van der Waals surface area contributed by atoms with E-state index in [9.17, 15) is 24.6 Å². The Morgan fingerprint density at radius 2 is 1.60 bits per heavy atom. The molecule has 7 heteroatoms. The molecule has 2 aromatic carbocycles. The maximum atomic E-state index is 12.8. The van der Waals surface area contributed by atoms with E-state index in [-0.39, 0.29) is 40.2 Å². The quantitative estimate of drug-likeness (QED) is 0.433. The Kier molecular flexibility index (Phi) is 6.52. The fourth-order valence-corrected chi connectivity index (χ4v) is 3.53. The summed E-state index contributed by atoms with van der Waals surface area (Å²) in [6.07, 6.45) is 3.77. The summed E-state index contributed by atoms with van der Waals surface area (Å²) in [7, 11) is 4.05. The molecule has 2 N–H and O–H groups in total. The van der Waals surface area contributed by atoms with Crippen LogP contribution in [0.15, 0.2) is 30.3 Å². The van der Waals surface area contributed by atoms with Crippen molar-refractivity contribution in [1.29, 1.82) is 0 Å². The lowest BCUT2D eigenvalue weighted by Gasteiger charge is -2.19.